The number of nitrogens with zero attached hydrogens (tertiary/aromatic N) is 3. The number of nitrogens with one attached hydrogen (secondary N) is 1. The quantitative estimate of drug-likeness (QED) is 0.112. The highest BCUT2D eigenvalue weighted by molar-refractivity contribution is 6.23. The molecular weight excluding hydrogens is 656 g/mol. The average molecular weight is 699 g/mol. The molecule has 4 aromatic rings. The van der Waals surface area contributed by atoms with Gasteiger partial charge in [0.15, 0.2) is 0 Å². The van der Waals surface area contributed by atoms with Gasteiger partial charge in [0.25, 0.3) is 11.8 Å². The molecule has 4 aromatic carbocycles. The van der Waals surface area contributed by atoms with Gasteiger partial charge < -0.3 is 14.7 Å². The number of imide groups is 2. The molecule has 1 unspecified atom stereocenters. The Morgan fingerprint density at radius 3 is 2.29 bits per heavy atom. The van der Waals surface area contributed by atoms with Gasteiger partial charge >= 0.3 is 0 Å². The number of hydrogen-bond donors (Lipinski definition) is 2. The van der Waals surface area contributed by atoms with Crippen LogP contribution in [0.4, 0.5) is 5.69 Å². The zero-order valence-corrected chi connectivity index (χ0v) is 29.0. The summed E-state index contributed by atoms with van der Waals surface area (Å²) in [5.41, 5.74) is 6.21. The Morgan fingerprint density at radius 1 is 0.827 bits per heavy atom. The fourth-order valence-corrected chi connectivity index (χ4v) is 7.12. The van der Waals surface area contributed by atoms with Crippen molar-refractivity contribution in [2.45, 2.75) is 38.1 Å². The molecule has 0 spiro atoms. The first kappa shape index (κ1) is 34.7. The molecule has 3 aliphatic rings. The van der Waals surface area contributed by atoms with E-state index in [1.165, 1.54) is 16.7 Å². The number of aromatic hydroxyl groups is 1. The van der Waals surface area contributed by atoms with Crippen LogP contribution in [0.3, 0.4) is 0 Å². The Hall–Kier alpha value is -5.74. The molecule has 3 heterocycles. The Kier molecular flexibility index (Phi) is 10.4. The van der Waals surface area contributed by atoms with Crippen molar-refractivity contribution in [2.24, 2.45) is 0 Å². The number of piperidine rings is 1. The maximum atomic E-state index is 13.3. The average Bonchev–Trinajstić information content (AvgIpc) is 3.41. The first-order valence-electron chi connectivity index (χ1n) is 17.9. The highest BCUT2D eigenvalue weighted by Gasteiger charge is 2.44. The van der Waals surface area contributed by atoms with Crippen LogP contribution in [0.15, 0.2) is 97.1 Å². The molecule has 0 saturated carbocycles. The summed E-state index contributed by atoms with van der Waals surface area (Å²) < 4.78 is 6.09. The summed E-state index contributed by atoms with van der Waals surface area (Å²) in [7, 11) is 0. The molecular formula is C42H42N4O6. The number of amides is 4. The predicted octanol–water partition coefficient (Wildman–Crippen LogP) is 5.56. The minimum Gasteiger partial charge on any atom is -0.508 e. The zero-order valence-electron chi connectivity index (χ0n) is 29.0. The number of ether oxygens (including phenoxy) is 1. The first-order chi connectivity index (χ1) is 25.3. The van der Waals surface area contributed by atoms with Gasteiger partial charge in [0.1, 0.15) is 17.5 Å². The van der Waals surface area contributed by atoms with Gasteiger partial charge in [-0.05, 0) is 90.4 Å². The normalized spacial score (nSPS) is 18.1. The van der Waals surface area contributed by atoms with Crippen molar-refractivity contribution in [1.29, 1.82) is 0 Å². The van der Waals surface area contributed by atoms with Crippen molar-refractivity contribution in [3.05, 3.63) is 125 Å². The molecule has 10 nitrogen and oxygen atoms in total. The fourth-order valence-electron chi connectivity index (χ4n) is 7.12. The van der Waals surface area contributed by atoms with Crippen LogP contribution in [0.1, 0.15) is 63.1 Å². The number of phenols is 1. The van der Waals surface area contributed by atoms with Gasteiger partial charge in [-0.3, -0.25) is 34.3 Å². The van der Waals surface area contributed by atoms with Crippen molar-refractivity contribution < 1.29 is 29.0 Å². The summed E-state index contributed by atoms with van der Waals surface area (Å²) in [5, 5.41) is 11.9. The Bertz CT molecular complexity index is 1970. The van der Waals surface area contributed by atoms with Gasteiger partial charge in [0.2, 0.25) is 11.8 Å². The van der Waals surface area contributed by atoms with E-state index in [0.29, 0.717) is 17.7 Å². The van der Waals surface area contributed by atoms with Crippen LogP contribution in [0, 0.1) is 0 Å². The molecule has 0 bridgehead atoms. The van der Waals surface area contributed by atoms with Crippen molar-refractivity contribution in [2.75, 3.05) is 44.2 Å². The van der Waals surface area contributed by atoms with E-state index in [-0.39, 0.29) is 24.5 Å². The summed E-state index contributed by atoms with van der Waals surface area (Å²) >= 11 is 0. The van der Waals surface area contributed by atoms with E-state index < -0.39 is 23.8 Å². The number of carbonyl (C=O) groups is 4. The molecule has 10 heteroatoms. The third kappa shape index (κ3) is 7.92. The van der Waals surface area contributed by atoms with Crippen LogP contribution in [0.25, 0.3) is 11.6 Å². The van der Waals surface area contributed by atoms with Gasteiger partial charge in [-0.2, -0.15) is 0 Å². The lowest BCUT2D eigenvalue weighted by atomic mass is 9.96. The molecule has 266 valence electrons. The van der Waals surface area contributed by atoms with Crippen LogP contribution < -0.4 is 15.0 Å². The molecule has 0 aromatic heterocycles. The number of piperazine rings is 1. The summed E-state index contributed by atoms with van der Waals surface area (Å²) in [6.07, 6.45) is 5.11. The van der Waals surface area contributed by atoms with Gasteiger partial charge in [0, 0.05) is 44.8 Å². The van der Waals surface area contributed by atoms with Crippen molar-refractivity contribution in [3.8, 4) is 11.5 Å². The molecule has 0 radical (unpaired) electrons. The number of phenolic OH excluding ortho intramolecular Hbond substituents is 1. The minimum atomic E-state index is -0.968. The van der Waals surface area contributed by atoms with E-state index in [0.717, 1.165) is 73.9 Å². The summed E-state index contributed by atoms with van der Waals surface area (Å²) in [5.74, 6) is -0.852. The van der Waals surface area contributed by atoms with Crippen LogP contribution in [0.5, 0.6) is 11.5 Å². The number of rotatable bonds is 12. The molecule has 2 saturated heterocycles. The second-order valence-corrected chi connectivity index (χ2v) is 13.5. The van der Waals surface area contributed by atoms with Crippen LogP contribution in [-0.2, 0) is 16.0 Å². The number of aryl methyl sites for hydroxylation is 1. The number of benzene rings is 4. The monoisotopic (exact) mass is 698 g/mol. The summed E-state index contributed by atoms with van der Waals surface area (Å²) in [4.78, 5) is 55.9. The predicted molar refractivity (Wildman–Crippen MR) is 199 cm³/mol. The highest BCUT2D eigenvalue weighted by atomic mass is 16.5. The summed E-state index contributed by atoms with van der Waals surface area (Å²) in [6.45, 7) is 4.82. The topological polar surface area (TPSA) is 119 Å². The fraction of sp³-hybridized carbons (Fsp3) is 0.286. The molecule has 4 amide bonds. The van der Waals surface area contributed by atoms with E-state index >= 15 is 0 Å². The second-order valence-electron chi connectivity index (χ2n) is 13.5. The van der Waals surface area contributed by atoms with Gasteiger partial charge in [-0.25, -0.2) is 0 Å². The van der Waals surface area contributed by atoms with E-state index in [9.17, 15) is 24.3 Å². The van der Waals surface area contributed by atoms with E-state index in [4.69, 9.17) is 4.74 Å². The lowest BCUT2D eigenvalue weighted by Gasteiger charge is -2.36. The van der Waals surface area contributed by atoms with Crippen molar-refractivity contribution >= 4 is 41.0 Å². The maximum Gasteiger partial charge on any atom is 0.262 e. The molecule has 52 heavy (non-hydrogen) atoms. The standard InChI is InChI=1S/C42H42N4O6/c47-34-14-8-29(9-15-34)7-12-32(31-5-2-1-3-6-31)27-30-10-16-35(17-11-30)52-26-4-21-44-22-24-45(25-23-44)33-13-18-36-37(28-33)42(51)46(41(36)50)38-19-20-39(48)43-40(38)49/h1-3,5-6,8-11,13-18,27-28,38,47H,4,7,12,19-26H2,(H,43,48,49)/b32-27-. The van der Waals surface area contributed by atoms with E-state index in [2.05, 4.69) is 57.6 Å². The van der Waals surface area contributed by atoms with Crippen LogP contribution in [0.2, 0.25) is 0 Å². The zero-order chi connectivity index (χ0) is 36.0. The number of hydrogen-bond acceptors (Lipinski definition) is 8. The van der Waals surface area contributed by atoms with Crippen LogP contribution >= 0.6 is 0 Å². The SMILES string of the molecule is O=C1CCC(N2C(=O)c3ccc(N4CCN(CCCOc5ccc(/C=C(/CCc6ccc(O)cc6)c6ccccc6)cc5)CC4)cc3C2=O)C(=O)N1. The molecule has 2 N–H and O–H groups in total. The minimum absolute atomic E-state index is 0.0951. The Balaban J connectivity index is 0.872. The lowest BCUT2D eigenvalue weighted by molar-refractivity contribution is -0.136. The third-order valence-electron chi connectivity index (χ3n) is 10.0. The molecule has 0 aliphatic carbocycles. The molecule has 7 rings (SSSR count). The van der Waals surface area contributed by atoms with Crippen LogP contribution in [-0.4, -0.2) is 83.9 Å². The molecule has 1 atom stereocenters. The number of carbonyl (C=O) groups excluding carboxylic acids is 4. The number of fused-ring (bicyclic) bond motifs is 1. The Morgan fingerprint density at radius 2 is 1.56 bits per heavy atom. The molecule has 2 fully saturated rings. The molecule has 3 aliphatic heterocycles. The number of allylic oxidation sites excluding steroid dienone is 1. The highest BCUT2D eigenvalue weighted by Crippen LogP contribution is 2.31. The van der Waals surface area contributed by atoms with Crippen molar-refractivity contribution in [1.82, 2.24) is 15.1 Å². The first-order valence-corrected chi connectivity index (χ1v) is 17.9. The van der Waals surface area contributed by atoms with Crippen molar-refractivity contribution in [3.63, 3.8) is 0 Å². The summed E-state index contributed by atoms with van der Waals surface area (Å²) in [6, 6.07) is 30.4. The maximum absolute atomic E-state index is 13.3. The Labute approximate surface area is 303 Å². The van der Waals surface area contributed by atoms with Gasteiger partial charge in [-0.1, -0.05) is 60.7 Å². The number of anilines is 1. The van der Waals surface area contributed by atoms with Gasteiger partial charge in [-0.15, -0.1) is 0 Å². The largest absolute Gasteiger partial charge is 0.508 e. The smallest absolute Gasteiger partial charge is 0.262 e. The van der Waals surface area contributed by atoms with Gasteiger partial charge in [0.05, 0.1) is 17.7 Å². The van der Waals surface area contributed by atoms with E-state index in [1.807, 2.05) is 36.4 Å². The van der Waals surface area contributed by atoms with E-state index in [1.54, 1.807) is 24.3 Å². The third-order valence-corrected chi connectivity index (χ3v) is 10.0. The lowest BCUT2D eigenvalue weighted by Crippen LogP contribution is -2.54. The second kappa shape index (κ2) is 15.7.